The summed E-state index contributed by atoms with van der Waals surface area (Å²) in [5.74, 6) is 1.39. The molecule has 0 bridgehead atoms. The topological polar surface area (TPSA) is 67.6 Å². The smallest absolute Gasteiger partial charge is 0.338 e. The molecular formula is C24H25N3O3S. The lowest BCUT2D eigenvalue weighted by Crippen LogP contribution is -2.32. The average molecular weight is 436 g/mol. The van der Waals surface area contributed by atoms with Crippen LogP contribution in [0.5, 0.6) is 0 Å². The monoisotopic (exact) mass is 435 g/mol. The number of carbonyl (C=O) groups excluding carboxylic acids is 1. The predicted octanol–water partition coefficient (Wildman–Crippen LogP) is 4.76. The van der Waals surface area contributed by atoms with Crippen molar-refractivity contribution in [3.63, 3.8) is 0 Å². The van der Waals surface area contributed by atoms with Gasteiger partial charge >= 0.3 is 5.97 Å². The first-order valence-corrected chi connectivity index (χ1v) is 10.7. The van der Waals surface area contributed by atoms with Crippen LogP contribution in [0.3, 0.4) is 0 Å². The minimum atomic E-state index is -0.398. The number of carbonyl (C=O) groups is 1. The second kappa shape index (κ2) is 8.89. The van der Waals surface area contributed by atoms with Crippen LogP contribution in [0.25, 0.3) is 11.3 Å². The van der Waals surface area contributed by atoms with E-state index in [1.807, 2.05) is 42.5 Å². The van der Waals surface area contributed by atoms with Gasteiger partial charge in [-0.1, -0.05) is 38.1 Å². The Labute approximate surface area is 187 Å². The summed E-state index contributed by atoms with van der Waals surface area (Å²) in [4.78, 5) is 18.9. The highest BCUT2D eigenvalue weighted by molar-refractivity contribution is 7.80. The van der Waals surface area contributed by atoms with Gasteiger partial charge in [-0.2, -0.15) is 0 Å². The largest absolute Gasteiger partial charge is 0.465 e. The lowest BCUT2D eigenvalue weighted by atomic mass is 10.0. The Morgan fingerprint density at radius 1 is 1.19 bits per heavy atom. The second-order valence-electron chi connectivity index (χ2n) is 7.91. The highest BCUT2D eigenvalue weighted by Crippen LogP contribution is 2.41. The number of esters is 1. The summed E-state index contributed by atoms with van der Waals surface area (Å²) in [6, 6.07) is 16.7. The van der Waals surface area contributed by atoms with Gasteiger partial charge in [0.1, 0.15) is 17.6 Å². The molecular weight excluding hydrogens is 410 g/mol. The van der Waals surface area contributed by atoms with E-state index in [1.54, 1.807) is 18.3 Å². The van der Waals surface area contributed by atoms with E-state index in [2.05, 4.69) is 29.0 Å². The zero-order valence-corrected chi connectivity index (χ0v) is 18.6. The maximum Gasteiger partial charge on any atom is 0.338 e. The van der Waals surface area contributed by atoms with Crippen LogP contribution in [0.2, 0.25) is 0 Å². The van der Waals surface area contributed by atoms with E-state index in [0.717, 1.165) is 18.0 Å². The normalized spacial score (nSPS) is 18.3. The Morgan fingerprint density at radius 2 is 1.97 bits per heavy atom. The van der Waals surface area contributed by atoms with E-state index in [4.69, 9.17) is 21.4 Å². The van der Waals surface area contributed by atoms with Crippen LogP contribution in [0, 0.1) is 5.92 Å². The standard InChI is InChI=1S/C24H25N3O3S/c1-15(2)14-27-22(21(26-24(27)31)18-10-6-7-13-25-18)20-12-11-19(30-20)16-8-4-5-9-17(16)23(28)29-3/h4-13,15,21-22H,14H2,1-3H3,(H,26,31)/t21-,22+/m0/s1. The number of thiocarbonyl (C=S) groups is 1. The van der Waals surface area contributed by atoms with Crippen LogP contribution in [0.4, 0.5) is 0 Å². The molecule has 3 aromatic rings. The van der Waals surface area contributed by atoms with Crippen molar-refractivity contribution in [2.24, 2.45) is 5.92 Å². The van der Waals surface area contributed by atoms with E-state index in [1.165, 1.54) is 7.11 Å². The summed E-state index contributed by atoms with van der Waals surface area (Å²) >= 11 is 5.67. The number of methoxy groups -OCH3 is 1. The fraction of sp³-hybridized carbons (Fsp3) is 0.292. The van der Waals surface area contributed by atoms with Crippen molar-refractivity contribution in [3.05, 3.63) is 77.8 Å². The first kappa shape index (κ1) is 21.1. The summed E-state index contributed by atoms with van der Waals surface area (Å²) in [5.41, 5.74) is 2.05. The van der Waals surface area contributed by atoms with Crippen molar-refractivity contribution in [2.45, 2.75) is 25.9 Å². The number of hydrogen-bond acceptors (Lipinski definition) is 5. The van der Waals surface area contributed by atoms with Crippen LogP contribution >= 0.6 is 12.2 Å². The molecule has 4 rings (SSSR count). The van der Waals surface area contributed by atoms with Gasteiger partial charge in [-0.3, -0.25) is 4.98 Å². The quantitative estimate of drug-likeness (QED) is 0.442. The number of aromatic nitrogens is 1. The van der Waals surface area contributed by atoms with Crippen LogP contribution in [-0.2, 0) is 4.74 Å². The van der Waals surface area contributed by atoms with Gasteiger partial charge in [0.2, 0.25) is 0 Å². The zero-order valence-electron chi connectivity index (χ0n) is 17.7. The molecule has 0 radical (unpaired) electrons. The summed E-state index contributed by atoms with van der Waals surface area (Å²) in [6.45, 7) is 5.11. The SMILES string of the molecule is COC(=O)c1ccccc1-c1ccc([C@@H]2[C@H](c3ccccn3)NC(=S)N2CC(C)C)o1. The summed E-state index contributed by atoms with van der Waals surface area (Å²) in [6.07, 6.45) is 1.78. The number of rotatable bonds is 6. The molecule has 2 atom stereocenters. The Hall–Kier alpha value is -3.19. The molecule has 0 aliphatic carbocycles. The molecule has 0 amide bonds. The Morgan fingerprint density at radius 3 is 2.68 bits per heavy atom. The third kappa shape index (κ3) is 4.18. The number of hydrogen-bond donors (Lipinski definition) is 1. The Balaban J connectivity index is 1.75. The number of nitrogens with one attached hydrogen (secondary N) is 1. The molecule has 1 N–H and O–H groups in total. The lowest BCUT2D eigenvalue weighted by Gasteiger charge is -2.27. The molecule has 1 fully saturated rings. The van der Waals surface area contributed by atoms with Crippen molar-refractivity contribution in [1.82, 2.24) is 15.2 Å². The minimum Gasteiger partial charge on any atom is -0.465 e. The van der Waals surface area contributed by atoms with E-state index >= 15 is 0 Å². The molecule has 160 valence electrons. The molecule has 0 saturated carbocycles. The number of pyridine rings is 1. The Kier molecular flexibility index (Phi) is 6.04. The molecule has 1 aromatic carbocycles. The molecule has 1 aliphatic heterocycles. The number of ether oxygens (including phenoxy) is 1. The molecule has 1 saturated heterocycles. The van der Waals surface area contributed by atoms with Crippen molar-refractivity contribution < 1.29 is 13.9 Å². The lowest BCUT2D eigenvalue weighted by molar-refractivity contribution is 0.0601. The van der Waals surface area contributed by atoms with E-state index in [0.29, 0.717) is 27.9 Å². The second-order valence-corrected chi connectivity index (χ2v) is 8.30. The van der Waals surface area contributed by atoms with Gasteiger partial charge in [0.25, 0.3) is 0 Å². The fourth-order valence-corrected chi connectivity index (χ4v) is 4.26. The van der Waals surface area contributed by atoms with Gasteiger partial charge in [0, 0.05) is 18.3 Å². The summed E-state index contributed by atoms with van der Waals surface area (Å²) in [5, 5.41) is 4.11. The molecule has 7 heteroatoms. The molecule has 0 unspecified atom stereocenters. The third-order valence-electron chi connectivity index (χ3n) is 5.28. The maximum absolute atomic E-state index is 12.2. The van der Waals surface area contributed by atoms with Crippen molar-refractivity contribution in [2.75, 3.05) is 13.7 Å². The third-order valence-corrected chi connectivity index (χ3v) is 5.63. The maximum atomic E-state index is 12.2. The van der Waals surface area contributed by atoms with E-state index in [-0.39, 0.29) is 12.1 Å². The molecule has 1 aliphatic rings. The number of nitrogens with zero attached hydrogens (tertiary/aromatic N) is 2. The van der Waals surface area contributed by atoms with Crippen molar-refractivity contribution in [3.8, 4) is 11.3 Å². The molecule has 6 nitrogen and oxygen atoms in total. The summed E-state index contributed by atoms with van der Waals surface area (Å²) < 4.78 is 11.3. The van der Waals surface area contributed by atoms with E-state index in [9.17, 15) is 4.79 Å². The molecule has 31 heavy (non-hydrogen) atoms. The van der Waals surface area contributed by atoms with Gasteiger partial charge in [-0.15, -0.1) is 0 Å². The highest BCUT2D eigenvalue weighted by atomic mass is 32.1. The van der Waals surface area contributed by atoms with Crippen LogP contribution in [0.1, 0.15) is 47.7 Å². The van der Waals surface area contributed by atoms with Gasteiger partial charge in [-0.05, 0) is 48.5 Å². The van der Waals surface area contributed by atoms with Gasteiger partial charge in [0.05, 0.1) is 24.4 Å². The molecule has 0 spiro atoms. The van der Waals surface area contributed by atoms with Crippen molar-refractivity contribution >= 4 is 23.3 Å². The zero-order chi connectivity index (χ0) is 22.0. The first-order chi connectivity index (χ1) is 15.0. The first-order valence-electron chi connectivity index (χ1n) is 10.2. The fourth-order valence-electron chi connectivity index (χ4n) is 3.95. The van der Waals surface area contributed by atoms with Gasteiger partial charge in [-0.25, -0.2) is 4.79 Å². The van der Waals surface area contributed by atoms with Crippen LogP contribution in [0.15, 0.2) is 65.2 Å². The number of furan rings is 1. The molecule has 2 aromatic heterocycles. The highest BCUT2D eigenvalue weighted by Gasteiger charge is 2.41. The average Bonchev–Trinajstić information content (AvgIpc) is 3.38. The van der Waals surface area contributed by atoms with Gasteiger partial charge < -0.3 is 19.4 Å². The summed E-state index contributed by atoms with van der Waals surface area (Å²) in [7, 11) is 1.37. The predicted molar refractivity (Wildman–Crippen MR) is 122 cm³/mol. The van der Waals surface area contributed by atoms with Crippen molar-refractivity contribution in [1.29, 1.82) is 0 Å². The number of benzene rings is 1. The Bertz CT molecular complexity index is 1080. The van der Waals surface area contributed by atoms with E-state index < -0.39 is 5.97 Å². The van der Waals surface area contributed by atoms with Crippen LogP contribution < -0.4 is 5.32 Å². The molecule has 3 heterocycles. The minimum absolute atomic E-state index is 0.137. The van der Waals surface area contributed by atoms with Crippen LogP contribution in [-0.4, -0.2) is 34.6 Å². The van der Waals surface area contributed by atoms with Gasteiger partial charge in [0.15, 0.2) is 5.11 Å².